The number of hydrogen-bond acceptors (Lipinski definition) is 2. The van der Waals surface area contributed by atoms with Crippen LogP contribution in [0.15, 0.2) is 0 Å². The third kappa shape index (κ3) is 2.64. The third-order valence-corrected chi connectivity index (χ3v) is 2.85. The molecule has 1 aliphatic heterocycles. The standard InChI is InChI=1S/C8H13NS/c1-2-3-4-5-9-8-6-10-7-8/h1,8-9H,3-7H2. The Morgan fingerprint density at radius 2 is 2.40 bits per heavy atom. The lowest BCUT2D eigenvalue weighted by molar-refractivity contribution is 0.570. The van der Waals surface area contributed by atoms with Gasteiger partial charge in [0.05, 0.1) is 0 Å². The van der Waals surface area contributed by atoms with E-state index in [4.69, 9.17) is 6.42 Å². The van der Waals surface area contributed by atoms with Gasteiger partial charge in [-0.15, -0.1) is 12.3 Å². The molecule has 1 rings (SSSR count). The second-order valence-corrected chi connectivity index (χ2v) is 3.57. The van der Waals surface area contributed by atoms with Crippen LogP contribution in [0.25, 0.3) is 0 Å². The van der Waals surface area contributed by atoms with E-state index in [9.17, 15) is 0 Å². The van der Waals surface area contributed by atoms with Gasteiger partial charge < -0.3 is 5.32 Å². The van der Waals surface area contributed by atoms with Crippen LogP contribution in [0.4, 0.5) is 0 Å². The lowest BCUT2D eigenvalue weighted by Gasteiger charge is -2.25. The number of terminal acetylenes is 1. The summed E-state index contributed by atoms with van der Waals surface area (Å²) in [6, 6.07) is 0.780. The third-order valence-electron chi connectivity index (χ3n) is 1.57. The molecule has 0 spiro atoms. The fourth-order valence-electron chi connectivity index (χ4n) is 0.850. The fraction of sp³-hybridized carbons (Fsp3) is 0.750. The van der Waals surface area contributed by atoms with Crippen LogP contribution < -0.4 is 5.32 Å². The van der Waals surface area contributed by atoms with Gasteiger partial charge in [-0.2, -0.15) is 11.8 Å². The smallest absolute Gasteiger partial charge is 0.0248 e. The maximum Gasteiger partial charge on any atom is 0.0248 e. The average Bonchev–Trinajstić information content (AvgIpc) is 1.84. The van der Waals surface area contributed by atoms with Gasteiger partial charge >= 0.3 is 0 Å². The van der Waals surface area contributed by atoms with Gasteiger partial charge in [-0.1, -0.05) is 0 Å². The monoisotopic (exact) mass is 155 g/mol. The van der Waals surface area contributed by atoms with E-state index in [1.807, 2.05) is 11.8 Å². The van der Waals surface area contributed by atoms with E-state index in [2.05, 4.69) is 11.2 Å². The summed E-state index contributed by atoms with van der Waals surface area (Å²) in [6.45, 7) is 1.09. The Balaban J connectivity index is 1.81. The Morgan fingerprint density at radius 1 is 1.60 bits per heavy atom. The van der Waals surface area contributed by atoms with Gasteiger partial charge in [0, 0.05) is 24.0 Å². The van der Waals surface area contributed by atoms with Crippen LogP contribution in [-0.4, -0.2) is 24.1 Å². The number of nitrogens with one attached hydrogen (secondary N) is 1. The Labute approximate surface area is 67.0 Å². The number of rotatable bonds is 4. The molecule has 0 aromatic heterocycles. The summed E-state index contributed by atoms with van der Waals surface area (Å²) >= 11 is 2.01. The molecule has 56 valence electrons. The average molecular weight is 155 g/mol. The molecular weight excluding hydrogens is 142 g/mol. The van der Waals surface area contributed by atoms with Crippen molar-refractivity contribution in [3.63, 3.8) is 0 Å². The Morgan fingerprint density at radius 3 is 2.90 bits per heavy atom. The van der Waals surface area contributed by atoms with Gasteiger partial charge in [0.15, 0.2) is 0 Å². The maximum atomic E-state index is 5.11. The molecule has 1 N–H and O–H groups in total. The van der Waals surface area contributed by atoms with E-state index in [1.54, 1.807) is 0 Å². The van der Waals surface area contributed by atoms with Crippen molar-refractivity contribution in [2.24, 2.45) is 0 Å². The van der Waals surface area contributed by atoms with Gasteiger partial charge in [0.25, 0.3) is 0 Å². The van der Waals surface area contributed by atoms with Crippen LogP contribution >= 0.6 is 11.8 Å². The first-order chi connectivity index (χ1) is 4.93. The van der Waals surface area contributed by atoms with Crippen LogP contribution in [0, 0.1) is 12.3 Å². The van der Waals surface area contributed by atoms with Crippen molar-refractivity contribution in [2.45, 2.75) is 18.9 Å². The first kappa shape index (κ1) is 7.97. The van der Waals surface area contributed by atoms with Crippen LogP contribution in [0.5, 0.6) is 0 Å². The largest absolute Gasteiger partial charge is 0.312 e. The summed E-state index contributed by atoms with van der Waals surface area (Å²) in [6.07, 6.45) is 7.14. The zero-order valence-corrected chi connectivity index (χ0v) is 6.91. The summed E-state index contributed by atoms with van der Waals surface area (Å²) in [5.41, 5.74) is 0. The summed E-state index contributed by atoms with van der Waals surface area (Å²) in [4.78, 5) is 0. The van der Waals surface area contributed by atoms with Crippen LogP contribution in [0.3, 0.4) is 0 Å². The Kier molecular flexibility index (Phi) is 3.71. The normalized spacial score (nSPS) is 17.9. The second kappa shape index (κ2) is 4.65. The first-order valence-corrected chi connectivity index (χ1v) is 4.83. The van der Waals surface area contributed by atoms with Crippen molar-refractivity contribution >= 4 is 11.8 Å². The van der Waals surface area contributed by atoms with E-state index in [0.29, 0.717) is 0 Å². The molecule has 0 aliphatic carbocycles. The van der Waals surface area contributed by atoms with Crippen LogP contribution in [0.2, 0.25) is 0 Å². The molecule has 10 heavy (non-hydrogen) atoms. The molecular formula is C8H13NS. The predicted octanol–water partition coefficient (Wildman–Crippen LogP) is 1.10. The SMILES string of the molecule is C#CCCCNC1CSC1. The zero-order valence-electron chi connectivity index (χ0n) is 6.10. The minimum atomic E-state index is 0.780. The molecule has 0 saturated carbocycles. The zero-order chi connectivity index (χ0) is 7.23. The van der Waals surface area contributed by atoms with Crippen molar-refractivity contribution in [1.29, 1.82) is 0 Å². The lowest BCUT2D eigenvalue weighted by atomic mass is 10.3. The highest BCUT2D eigenvalue weighted by Gasteiger charge is 2.15. The highest BCUT2D eigenvalue weighted by atomic mass is 32.2. The quantitative estimate of drug-likeness (QED) is 0.482. The van der Waals surface area contributed by atoms with E-state index >= 15 is 0 Å². The minimum absolute atomic E-state index is 0.780. The van der Waals surface area contributed by atoms with E-state index < -0.39 is 0 Å². The highest BCUT2D eigenvalue weighted by molar-refractivity contribution is 8.00. The molecule has 0 atom stereocenters. The van der Waals surface area contributed by atoms with Crippen LogP contribution in [-0.2, 0) is 0 Å². The molecule has 1 heterocycles. The Hall–Kier alpha value is -0.130. The molecule has 1 saturated heterocycles. The topological polar surface area (TPSA) is 12.0 Å². The van der Waals surface area contributed by atoms with Crippen molar-refractivity contribution in [1.82, 2.24) is 5.32 Å². The summed E-state index contributed by atoms with van der Waals surface area (Å²) < 4.78 is 0. The molecule has 0 aromatic rings. The number of hydrogen-bond donors (Lipinski definition) is 1. The molecule has 1 nitrogen and oxygen atoms in total. The molecule has 0 unspecified atom stereocenters. The molecule has 2 heteroatoms. The summed E-state index contributed by atoms with van der Waals surface area (Å²) in [5.74, 6) is 5.21. The van der Waals surface area contributed by atoms with Crippen molar-refractivity contribution in [2.75, 3.05) is 18.1 Å². The molecule has 0 aromatic carbocycles. The van der Waals surface area contributed by atoms with E-state index in [1.165, 1.54) is 11.5 Å². The molecule has 0 amide bonds. The molecule has 1 fully saturated rings. The van der Waals surface area contributed by atoms with Gasteiger partial charge in [0.1, 0.15) is 0 Å². The minimum Gasteiger partial charge on any atom is -0.312 e. The number of unbranched alkanes of at least 4 members (excludes halogenated alkanes) is 1. The van der Waals surface area contributed by atoms with Gasteiger partial charge in [0.2, 0.25) is 0 Å². The Bertz CT molecular complexity index is 124. The van der Waals surface area contributed by atoms with Gasteiger partial charge in [-0.05, 0) is 13.0 Å². The molecule has 0 bridgehead atoms. The van der Waals surface area contributed by atoms with Crippen molar-refractivity contribution in [3.05, 3.63) is 0 Å². The van der Waals surface area contributed by atoms with E-state index in [-0.39, 0.29) is 0 Å². The van der Waals surface area contributed by atoms with Crippen molar-refractivity contribution < 1.29 is 0 Å². The van der Waals surface area contributed by atoms with Gasteiger partial charge in [-0.25, -0.2) is 0 Å². The van der Waals surface area contributed by atoms with Gasteiger partial charge in [-0.3, -0.25) is 0 Å². The van der Waals surface area contributed by atoms with Crippen LogP contribution in [0.1, 0.15) is 12.8 Å². The first-order valence-electron chi connectivity index (χ1n) is 3.68. The lowest BCUT2D eigenvalue weighted by Crippen LogP contribution is -2.40. The molecule has 0 radical (unpaired) electrons. The molecule has 1 aliphatic rings. The number of thioether (sulfide) groups is 1. The second-order valence-electron chi connectivity index (χ2n) is 2.50. The fourth-order valence-corrected chi connectivity index (χ4v) is 1.56. The highest BCUT2D eigenvalue weighted by Crippen LogP contribution is 2.16. The maximum absolute atomic E-state index is 5.11. The van der Waals surface area contributed by atoms with E-state index in [0.717, 1.165) is 25.4 Å². The predicted molar refractivity (Wildman–Crippen MR) is 47.2 cm³/mol. The summed E-state index contributed by atoms with van der Waals surface area (Å²) in [7, 11) is 0. The summed E-state index contributed by atoms with van der Waals surface area (Å²) in [5, 5.41) is 3.44. The van der Waals surface area contributed by atoms with Crippen molar-refractivity contribution in [3.8, 4) is 12.3 Å².